The Morgan fingerprint density at radius 1 is 1.23 bits per heavy atom. The van der Waals surface area contributed by atoms with E-state index in [-0.39, 0.29) is 24.2 Å². The van der Waals surface area contributed by atoms with Crippen molar-refractivity contribution in [1.82, 2.24) is 0 Å². The molecule has 2 aromatic carbocycles. The number of benzene rings is 2. The van der Waals surface area contributed by atoms with Gasteiger partial charge in [-0.3, -0.25) is 9.69 Å². The number of nitrogens with zero attached hydrogens (tertiary/aromatic N) is 1. The Kier molecular flexibility index (Phi) is 6.27. The van der Waals surface area contributed by atoms with Crippen molar-refractivity contribution < 1.29 is 23.8 Å². The van der Waals surface area contributed by atoms with Crippen LogP contribution in [0.15, 0.2) is 42.5 Å². The van der Waals surface area contributed by atoms with E-state index in [1.54, 1.807) is 12.1 Å². The molecule has 2 aromatic rings. The molecule has 3 rings (SSSR count). The Morgan fingerprint density at radius 2 is 1.90 bits per heavy atom. The van der Waals surface area contributed by atoms with E-state index >= 15 is 0 Å². The maximum absolute atomic E-state index is 14.8. The summed E-state index contributed by atoms with van der Waals surface area (Å²) in [5.41, 5.74) is 2.98. The van der Waals surface area contributed by atoms with E-state index in [0.717, 1.165) is 12.0 Å². The highest BCUT2D eigenvalue weighted by molar-refractivity contribution is 5.90. The summed E-state index contributed by atoms with van der Waals surface area (Å²) in [6.45, 7) is 7.96. The third kappa shape index (κ3) is 5.25. The van der Waals surface area contributed by atoms with E-state index in [1.165, 1.54) is 23.5 Å². The topological polar surface area (TPSA) is 66.8 Å². The molecular formula is C24H28FNO4. The number of halogens is 1. The second kappa shape index (κ2) is 8.56. The molecule has 1 aliphatic rings. The molecule has 1 heterocycles. The highest BCUT2D eigenvalue weighted by atomic mass is 19.1. The predicted octanol–water partition coefficient (Wildman–Crippen LogP) is 4.75. The molecular weight excluding hydrogens is 385 g/mol. The van der Waals surface area contributed by atoms with E-state index in [9.17, 15) is 19.1 Å². The first-order chi connectivity index (χ1) is 14.0. The lowest BCUT2D eigenvalue weighted by Gasteiger charge is -2.18. The lowest BCUT2D eigenvalue weighted by molar-refractivity contribution is -0.126. The van der Waals surface area contributed by atoms with Crippen LogP contribution in [-0.2, 0) is 16.0 Å². The Balaban J connectivity index is 1.74. The summed E-state index contributed by atoms with van der Waals surface area (Å²) in [7, 11) is 0. The molecule has 0 radical (unpaired) electrons. The van der Waals surface area contributed by atoms with Gasteiger partial charge in [0.15, 0.2) is 5.78 Å². The molecule has 30 heavy (non-hydrogen) atoms. The number of rotatable bonds is 6. The number of ketones is 1. The lowest BCUT2D eigenvalue weighted by Crippen LogP contribution is -2.28. The summed E-state index contributed by atoms with van der Waals surface area (Å²) in [6, 6.07) is 12.5. The Labute approximate surface area is 176 Å². The average Bonchev–Trinajstić information content (AvgIpc) is 3.01. The van der Waals surface area contributed by atoms with E-state index < -0.39 is 24.1 Å². The van der Waals surface area contributed by atoms with Crippen LogP contribution in [0.3, 0.4) is 0 Å². The van der Waals surface area contributed by atoms with Crippen LogP contribution in [0.5, 0.6) is 0 Å². The van der Waals surface area contributed by atoms with Gasteiger partial charge in [-0.15, -0.1) is 0 Å². The van der Waals surface area contributed by atoms with E-state index in [4.69, 9.17) is 4.74 Å². The highest BCUT2D eigenvalue weighted by Crippen LogP contribution is 2.30. The Bertz CT molecular complexity index is 933. The SMILES string of the molecule is CC(=O)[C@@H](O)C[C@H]1CN(c2ccc(-c3ccc(CC(C)(C)C)cc3)c(F)c2)C(=O)O1. The first-order valence-corrected chi connectivity index (χ1v) is 10.1. The molecule has 1 saturated heterocycles. The van der Waals surface area contributed by atoms with Gasteiger partial charge in [0.25, 0.3) is 0 Å². The number of cyclic esters (lactones) is 1. The number of Topliss-reactive ketones (excluding diaryl/α,β-unsaturated/α-hetero) is 1. The number of amides is 1. The van der Waals surface area contributed by atoms with Crippen molar-refractivity contribution in [3.63, 3.8) is 0 Å². The van der Waals surface area contributed by atoms with Crippen molar-refractivity contribution in [3.8, 4) is 11.1 Å². The molecule has 0 bridgehead atoms. The number of ether oxygens (including phenoxy) is 1. The second-order valence-corrected chi connectivity index (χ2v) is 9.08. The number of hydrogen-bond donors (Lipinski definition) is 1. The minimum atomic E-state index is -1.18. The van der Waals surface area contributed by atoms with Gasteiger partial charge in [-0.25, -0.2) is 9.18 Å². The van der Waals surface area contributed by atoms with Crippen molar-refractivity contribution in [2.75, 3.05) is 11.4 Å². The third-order valence-electron chi connectivity index (χ3n) is 5.09. The first kappa shape index (κ1) is 22.0. The van der Waals surface area contributed by atoms with Crippen LogP contribution in [0.25, 0.3) is 11.1 Å². The maximum atomic E-state index is 14.8. The van der Waals surface area contributed by atoms with Crippen LogP contribution in [0, 0.1) is 11.2 Å². The Hall–Kier alpha value is -2.73. The van der Waals surface area contributed by atoms with Gasteiger partial charge < -0.3 is 9.84 Å². The number of aliphatic hydroxyl groups excluding tert-OH is 1. The summed E-state index contributed by atoms with van der Waals surface area (Å²) < 4.78 is 20.0. The molecule has 1 aliphatic heterocycles. The smallest absolute Gasteiger partial charge is 0.414 e. The van der Waals surface area contributed by atoms with Gasteiger partial charge in [0.05, 0.1) is 12.2 Å². The monoisotopic (exact) mass is 413 g/mol. The molecule has 2 atom stereocenters. The molecule has 160 valence electrons. The zero-order chi connectivity index (χ0) is 22.1. The van der Waals surface area contributed by atoms with Crippen molar-refractivity contribution in [3.05, 3.63) is 53.8 Å². The fourth-order valence-electron chi connectivity index (χ4n) is 3.59. The minimum absolute atomic E-state index is 0.0268. The van der Waals surface area contributed by atoms with Crippen LogP contribution < -0.4 is 4.90 Å². The summed E-state index contributed by atoms with van der Waals surface area (Å²) >= 11 is 0. The standard InChI is InChI=1S/C24H28FNO4/c1-15(27)22(28)12-19-14-26(23(29)30-19)18-9-10-20(21(25)11-18)17-7-5-16(6-8-17)13-24(2,3)4/h5-11,19,22,28H,12-14H2,1-4H3/t19-,22-/m0/s1. The molecule has 1 amide bonds. The molecule has 0 aliphatic carbocycles. The number of aliphatic hydroxyl groups is 1. The summed E-state index contributed by atoms with van der Waals surface area (Å²) in [4.78, 5) is 24.7. The second-order valence-electron chi connectivity index (χ2n) is 9.08. The van der Waals surface area contributed by atoms with Crippen LogP contribution in [-0.4, -0.2) is 35.7 Å². The molecule has 6 heteroatoms. The van der Waals surface area contributed by atoms with Crippen molar-refractivity contribution in [2.24, 2.45) is 5.41 Å². The van der Waals surface area contributed by atoms with Gasteiger partial charge in [0, 0.05) is 12.0 Å². The van der Waals surface area contributed by atoms with Crippen molar-refractivity contribution in [1.29, 1.82) is 0 Å². The van der Waals surface area contributed by atoms with Crippen molar-refractivity contribution >= 4 is 17.6 Å². The number of carbonyl (C=O) groups is 2. The van der Waals surface area contributed by atoms with E-state index in [0.29, 0.717) is 11.3 Å². The molecule has 1 fully saturated rings. The largest absolute Gasteiger partial charge is 0.444 e. The third-order valence-corrected chi connectivity index (χ3v) is 5.09. The predicted molar refractivity (Wildman–Crippen MR) is 114 cm³/mol. The normalized spacial score (nSPS) is 17.7. The minimum Gasteiger partial charge on any atom is -0.444 e. The summed E-state index contributed by atoms with van der Waals surface area (Å²) in [6.07, 6.45) is -1.45. The summed E-state index contributed by atoms with van der Waals surface area (Å²) in [5.74, 6) is -0.815. The molecule has 0 unspecified atom stereocenters. The van der Waals surface area contributed by atoms with Crippen LogP contribution in [0.4, 0.5) is 14.9 Å². The van der Waals surface area contributed by atoms with Crippen LogP contribution >= 0.6 is 0 Å². The van der Waals surface area contributed by atoms with E-state index in [2.05, 4.69) is 20.8 Å². The molecule has 0 spiro atoms. The van der Waals surface area contributed by atoms with Crippen LogP contribution in [0.1, 0.15) is 39.7 Å². The zero-order valence-corrected chi connectivity index (χ0v) is 17.8. The molecule has 1 N–H and O–H groups in total. The number of carbonyl (C=O) groups excluding carboxylic acids is 2. The quantitative estimate of drug-likeness (QED) is 0.742. The maximum Gasteiger partial charge on any atom is 0.414 e. The van der Waals surface area contributed by atoms with Crippen LogP contribution in [0.2, 0.25) is 0 Å². The van der Waals surface area contributed by atoms with Gasteiger partial charge in [0.1, 0.15) is 18.0 Å². The van der Waals surface area contributed by atoms with E-state index in [1.807, 2.05) is 24.3 Å². The summed E-state index contributed by atoms with van der Waals surface area (Å²) in [5, 5.41) is 9.70. The lowest BCUT2D eigenvalue weighted by atomic mass is 9.87. The fraction of sp³-hybridized carbons (Fsp3) is 0.417. The molecule has 0 saturated carbocycles. The fourth-order valence-corrected chi connectivity index (χ4v) is 3.59. The van der Waals surface area contributed by atoms with Crippen molar-refractivity contribution in [2.45, 2.75) is 52.7 Å². The van der Waals surface area contributed by atoms with Gasteiger partial charge in [-0.05, 0) is 48.1 Å². The number of hydrogen-bond acceptors (Lipinski definition) is 4. The van der Waals surface area contributed by atoms with Gasteiger partial charge >= 0.3 is 6.09 Å². The average molecular weight is 413 g/mol. The zero-order valence-electron chi connectivity index (χ0n) is 17.8. The Morgan fingerprint density at radius 3 is 2.47 bits per heavy atom. The first-order valence-electron chi connectivity index (χ1n) is 10.1. The van der Waals surface area contributed by atoms with Gasteiger partial charge in [-0.2, -0.15) is 0 Å². The van der Waals surface area contributed by atoms with Gasteiger partial charge in [-0.1, -0.05) is 45.0 Å². The molecule has 5 nitrogen and oxygen atoms in total. The molecule has 0 aromatic heterocycles. The highest BCUT2D eigenvalue weighted by Gasteiger charge is 2.34. The van der Waals surface area contributed by atoms with Gasteiger partial charge in [0.2, 0.25) is 0 Å². The number of anilines is 1.